The molecule has 0 aromatic heterocycles. The lowest BCUT2D eigenvalue weighted by atomic mass is 9.94. The lowest BCUT2D eigenvalue weighted by Gasteiger charge is -2.17. The van der Waals surface area contributed by atoms with Crippen molar-refractivity contribution in [2.24, 2.45) is 5.92 Å². The molecule has 1 saturated heterocycles. The SMILES string of the molecule is CCNC(=O)C1CNNC1c1ccccc1. The summed E-state index contributed by atoms with van der Waals surface area (Å²) in [4.78, 5) is 11.8. The van der Waals surface area contributed by atoms with Crippen molar-refractivity contribution in [1.82, 2.24) is 16.2 Å². The number of nitrogens with one attached hydrogen (secondary N) is 3. The first-order chi connectivity index (χ1) is 7.83. The number of rotatable bonds is 3. The van der Waals surface area contributed by atoms with E-state index in [4.69, 9.17) is 0 Å². The van der Waals surface area contributed by atoms with E-state index in [-0.39, 0.29) is 17.9 Å². The fraction of sp³-hybridized carbons (Fsp3) is 0.417. The van der Waals surface area contributed by atoms with Crippen LogP contribution in [0, 0.1) is 5.92 Å². The van der Waals surface area contributed by atoms with E-state index in [1.807, 2.05) is 37.3 Å². The Morgan fingerprint density at radius 3 is 2.88 bits per heavy atom. The van der Waals surface area contributed by atoms with E-state index < -0.39 is 0 Å². The normalized spacial score (nSPS) is 24.3. The maximum absolute atomic E-state index is 11.8. The van der Waals surface area contributed by atoms with Crippen LogP contribution in [0.3, 0.4) is 0 Å². The van der Waals surface area contributed by atoms with Gasteiger partial charge >= 0.3 is 0 Å². The highest BCUT2D eigenvalue weighted by Crippen LogP contribution is 2.24. The summed E-state index contributed by atoms with van der Waals surface area (Å²) in [5.41, 5.74) is 7.34. The molecule has 3 N–H and O–H groups in total. The van der Waals surface area contributed by atoms with Crippen molar-refractivity contribution in [3.8, 4) is 0 Å². The van der Waals surface area contributed by atoms with Gasteiger partial charge < -0.3 is 5.32 Å². The molecule has 4 heteroatoms. The molecule has 1 heterocycles. The summed E-state index contributed by atoms with van der Waals surface area (Å²) in [7, 11) is 0. The minimum atomic E-state index is -0.0395. The highest BCUT2D eigenvalue weighted by molar-refractivity contribution is 5.80. The molecule has 2 unspecified atom stereocenters. The first kappa shape index (κ1) is 11.1. The summed E-state index contributed by atoms with van der Waals surface area (Å²) in [6.07, 6.45) is 0. The third-order valence-corrected chi connectivity index (χ3v) is 2.83. The predicted octanol–water partition coefficient (Wildman–Crippen LogP) is 0.588. The molecule has 1 aromatic carbocycles. The molecule has 0 spiro atoms. The summed E-state index contributed by atoms with van der Waals surface area (Å²) in [6, 6.07) is 10.1. The lowest BCUT2D eigenvalue weighted by molar-refractivity contribution is -0.124. The minimum absolute atomic E-state index is 0.0395. The summed E-state index contributed by atoms with van der Waals surface area (Å²) >= 11 is 0. The van der Waals surface area contributed by atoms with E-state index >= 15 is 0 Å². The summed E-state index contributed by atoms with van der Waals surface area (Å²) in [6.45, 7) is 3.29. The molecule has 0 saturated carbocycles. The number of hydrogen-bond donors (Lipinski definition) is 3. The minimum Gasteiger partial charge on any atom is -0.356 e. The van der Waals surface area contributed by atoms with Crippen molar-refractivity contribution < 1.29 is 4.79 Å². The van der Waals surface area contributed by atoms with Crippen LogP contribution in [0.15, 0.2) is 30.3 Å². The van der Waals surface area contributed by atoms with Crippen LogP contribution in [-0.2, 0) is 4.79 Å². The van der Waals surface area contributed by atoms with Gasteiger partial charge in [0.05, 0.1) is 12.0 Å². The maximum atomic E-state index is 11.8. The molecule has 86 valence electrons. The van der Waals surface area contributed by atoms with E-state index in [0.29, 0.717) is 13.1 Å². The van der Waals surface area contributed by atoms with Crippen molar-refractivity contribution in [3.63, 3.8) is 0 Å². The van der Waals surface area contributed by atoms with E-state index in [0.717, 1.165) is 5.56 Å². The second-order valence-corrected chi connectivity index (χ2v) is 3.91. The van der Waals surface area contributed by atoms with Crippen molar-refractivity contribution >= 4 is 5.91 Å². The molecular formula is C12H17N3O. The average Bonchev–Trinajstić information content (AvgIpc) is 2.79. The average molecular weight is 219 g/mol. The highest BCUT2D eigenvalue weighted by atomic mass is 16.2. The quantitative estimate of drug-likeness (QED) is 0.697. The van der Waals surface area contributed by atoms with Gasteiger partial charge in [-0.15, -0.1) is 0 Å². The third-order valence-electron chi connectivity index (χ3n) is 2.83. The van der Waals surface area contributed by atoms with Crippen molar-refractivity contribution in [1.29, 1.82) is 0 Å². The van der Waals surface area contributed by atoms with E-state index in [1.54, 1.807) is 0 Å². The molecule has 0 aliphatic carbocycles. The molecule has 0 bridgehead atoms. The largest absolute Gasteiger partial charge is 0.356 e. The van der Waals surface area contributed by atoms with Crippen LogP contribution in [0.4, 0.5) is 0 Å². The smallest absolute Gasteiger partial charge is 0.226 e. The molecule has 1 aromatic rings. The molecule has 0 radical (unpaired) electrons. The van der Waals surface area contributed by atoms with Gasteiger partial charge in [0.25, 0.3) is 0 Å². The molecule has 1 fully saturated rings. The zero-order chi connectivity index (χ0) is 11.4. The summed E-state index contributed by atoms with van der Waals surface area (Å²) < 4.78 is 0. The van der Waals surface area contributed by atoms with Crippen LogP contribution in [0.2, 0.25) is 0 Å². The number of hydrogen-bond acceptors (Lipinski definition) is 3. The Hall–Kier alpha value is -1.39. The number of carbonyl (C=O) groups is 1. The Morgan fingerprint density at radius 2 is 2.19 bits per heavy atom. The zero-order valence-electron chi connectivity index (χ0n) is 9.36. The van der Waals surface area contributed by atoms with Gasteiger partial charge in [-0.3, -0.25) is 10.2 Å². The maximum Gasteiger partial charge on any atom is 0.226 e. The molecule has 2 atom stereocenters. The Bertz CT molecular complexity index is 353. The topological polar surface area (TPSA) is 53.2 Å². The number of hydrazine groups is 1. The number of benzene rings is 1. The molecular weight excluding hydrogens is 202 g/mol. The molecule has 4 nitrogen and oxygen atoms in total. The molecule has 16 heavy (non-hydrogen) atoms. The molecule has 2 rings (SSSR count). The Morgan fingerprint density at radius 1 is 1.44 bits per heavy atom. The number of amides is 1. The third kappa shape index (κ3) is 2.23. The second-order valence-electron chi connectivity index (χ2n) is 3.91. The van der Waals surface area contributed by atoms with E-state index in [9.17, 15) is 4.79 Å². The standard InChI is InChI=1S/C12H17N3O/c1-2-13-12(16)10-8-14-15-11(10)9-6-4-3-5-7-9/h3-7,10-11,14-15H,2,8H2,1H3,(H,13,16). The van der Waals surface area contributed by atoms with Gasteiger partial charge in [-0.2, -0.15) is 0 Å². The fourth-order valence-electron chi connectivity index (χ4n) is 2.02. The van der Waals surface area contributed by atoms with Gasteiger partial charge in [-0.1, -0.05) is 30.3 Å². The van der Waals surface area contributed by atoms with Gasteiger partial charge in [0.2, 0.25) is 5.91 Å². The van der Waals surface area contributed by atoms with Crippen molar-refractivity contribution in [2.75, 3.05) is 13.1 Å². The van der Waals surface area contributed by atoms with E-state index in [2.05, 4.69) is 16.2 Å². The van der Waals surface area contributed by atoms with Gasteiger partial charge in [0.15, 0.2) is 0 Å². The Kier molecular flexibility index (Phi) is 3.54. The van der Waals surface area contributed by atoms with Crippen LogP contribution in [-0.4, -0.2) is 19.0 Å². The first-order valence-electron chi connectivity index (χ1n) is 5.64. The Labute approximate surface area is 95.4 Å². The van der Waals surface area contributed by atoms with Crippen LogP contribution in [0.5, 0.6) is 0 Å². The van der Waals surface area contributed by atoms with E-state index in [1.165, 1.54) is 0 Å². The molecule has 1 aliphatic rings. The van der Waals surface area contributed by atoms with Gasteiger partial charge in [-0.25, -0.2) is 5.43 Å². The van der Waals surface area contributed by atoms with Crippen molar-refractivity contribution in [2.45, 2.75) is 13.0 Å². The van der Waals surface area contributed by atoms with Crippen molar-refractivity contribution in [3.05, 3.63) is 35.9 Å². The summed E-state index contributed by atoms with van der Waals surface area (Å²) in [5, 5.41) is 2.87. The molecule has 1 aliphatic heterocycles. The van der Waals surface area contributed by atoms with Crippen LogP contribution in [0.1, 0.15) is 18.5 Å². The predicted molar refractivity (Wildman–Crippen MR) is 62.5 cm³/mol. The van der Waals surface area contributed by atoms with Gasteiger partial charge in [0, 0.05) is 13.1 Å². The number of carbonyl (C=O) groups excluding carboxylic acids is 1. The zero-order valence-corrected chi connectivity index (χ0v) is 9.36. The monoisotopic (exact) mass is 219 g/mol. The van der Waals surface area contributed by atoms with Crippen LogP contribution < -0.4 is 16.2 Å². The second kappa shape index (κ2) is 5.09. The first-order valence-corrected chi connectivity index (χ1v) is 5.64. The molecule has 1 amide bonds. The Balaban J connectivity index is 2.12. The highest BCUT2D eigenvalue weighted by Gasteiger charge is 2.33. The van der Waals surface area contributed by atoms with Crippen LogP contribution in [0.25, 0.3) is 0 Å². The van der Waals surface area contributed by atoms with Gasteiger partial charge in [-0.05, 0) is 12.5 Å². The summed E-state index contributed by atoms with van der Waals surface area (Å²) in [5.74, 6) is 0.0659. The fourth-order valence-corrected chi connectivity index (χ4v) is 2.02. The lowest BCUT2D eigenvalue weighted by Crippen LogP contribution is -2.34. The van der Waals surface area contributed by atoms with Crippen LogP contribution >= 0.6 is 0 Å². The van der Waals surface area contributed by atoms with Gasteiger partial charge in [0.1, 0.15) is 0 Å².